The molecule has 2 rings (SSSR count). The average molecular weight is 247 g/mol. The molecule has 1 aromatic carbocycles. The fourth-order valence-electron chi connectivity index (χ4n) is 2.07. The highest BCUT2D eigenvalue weighted by Gasteiger charge is 2.26. The summed E-state index contributed by atoms with van der Waals surface area (Å²) in [6.45, 7) is 4.37. The fraction of sp³-hybridized carbons (Fsp3) is 0.385. The molecule has 0 aliphatic carbocycles. The number of hydrogen-bond acceptors (Lipinski definition) is 3. The Morgan fingerprint density at radius 2 is 2.17 bits per heavy atom. The summed E-state index contributed by atoms with van der Waals surface area (Å²) >= 11 is 0. The van der Waals surface area contributed by atoms with Crippen LogP contribution in [0.3, 0.4) is 0 Å². The van der Waals surface area contributed by atoms with Crippen LogP contribution >= 0.6 is 0 Å². The van der Waals surface area contributed by atoms with E-state index in [4.69, 9.17) is 5.21 Å². The molecule has 0 atom stereocenters. The Bertz CT molecular complexity index is 483. The molecule has 18 heavy (non-hydrogen) atoms. The zero-order valence-electron chi connectivity index (χ0n) is 10.6. The highest BCUT2D eigenvalue weighted by Crippen LogP contribution is 2.27. The first-order valence-electron chi connectivity index (χ1n) is 6.02. The van der Waals surface area contributed by atoms with Crippen LogP contribution in [0.15, 0.2) is 29.4 Å². The van der Waals surface area contributed by atoms with Crippen LogP contribution in [0.5, 0.6) is 0 Å². The quantitative estimate of drug-likeness (QED) is 0.590. The molecule has 5 heteroatoms. The van der Waals surface area contributed by atoms with E-state index in [1.54, 1.807) is 4.90 Å². The van der Waals surface area contributed by atoms with E-state index in [2.05, 4.69) is 10.5 Å². The van der Waals surface area contributed by atoms with Crippen molar-refractivity contribution < 1.29 is 10.0 Å². The second-order valence-corrected chi connectivity index (χ2v) is 4.57. The minimum Gasteiger partial charge on any atom is -0.411 e. The van der Waals surface area contributed by atoms with E-state index in [-0.39, 0.29) is 12.1 Å². The Morgan fingerprint density at radius 3 is 2.83 bits per heavy atom. The first-order chi connectivity index (χ1) is 8.63. The van der Waals surface area contributed by atoms with Crippen LogP contribution in [0.4, 0.5) is 10.5 Å². The summed E-state index contributed by atoms with van der Waals surface area (Å²) in [6.07, 6.45) is 0.555. The Morgan fingerprint density at radius 1 is 1.44 bits per heavy atom. The van der Waals surface area contributed by atoms with Crippen LogP contribution < -0.4 is 10.2 Å². The molecule has 0 saturated carbocycles. The molecule has 1 aliphatic rings. The van der Waals surface area contributed by atoms with Crippen LogP contribution in [0.25, 0.3) is 0 Å². The number of rotatable bonds is 1. The van der Waals surface area contributed by atoms with Gasteiger partial charge in [-0.1, -0.05) is 23.4 Å². The zero-order valence-corrected chi connectivity index (χ0v) is 10.6. The van der Waals surface area contributed by atoms with Crippen LogP contribution in [0.2, 0.25) is 0 Å². The molecule has 1 aromatic rings. The molecule has 0 fully saturated rings. The number of anilines is 1. The maximum Gasteiger partial charge on any atom is 0.322 e. The largest absolute Gasteiger partial charge is 0.411 e. The Kier molecular flexibility index (Phi) is 3.50. The predicted octanol–water partition coefficient (Wildman–Crippen LogP) is 2.19. The molecule has 0 saturated heterocycles. The summed E-state index contributed by atoms with van der Waals surface area (Å²) in [7, 11) is 0. The van der Waals surface area contributed by atoms with Gasteiger partial charge in [0.25, 0.3) is 0 Å². The van der Waals surface area contributed by atoms with E-state index < -0.39 is 0 Å². The van der Waals surface area contributed by atoms with Gasteiger partial charge in [0.2, 0.25) is 0 Å². The molecule has 0 unspecified atom stereocenters. The van der Waals surface area contributed by atoms with Gasteiger partial charge in [-0.3, -0.25) is 4.90 Å². The maximum atomic E-state index is 12.1. The van der Waals surface area contributed by atoms with E-state index in [0.717, 1.165) is 11.3 Å². The number of nitrogens with zero attached hydrogens (tertiary/aromatic N) is 2. The van der Waals surface area contributed by atoms with Crippen molar-refractivity contribution in [2.75, 3.05) is 11.4 Å². The lowest BCUT2D eigenvalue weighted by Crippen LogP contribution is -2.46. The number of carbonyl (C=O) groups is 1. The van der Waals surface area contributed by atoms with Crippen LogP contribution in [-0.2, 0) is 0 Å². The molecule has 5 nitrogen and oxygen atoms in total. The van der Waals surface area contributed by atoms with Crippen molar-refractivity contribution in [3.05, 3.63) is 29.8 Å². The van der Waals surface area contributed by atoms with Crippen molar-refractivity contribution in [1.29, 1.82) is 0 Å². The van der Waals surface area contributed by atoms with Crippen molar-refractivity contribution in [3.8, 4) is 0 Å². The van der Waals surface area contributed by atoms with Gasteiger partial charge < -0.3 is 10.5 Å². The van der Waals surface area contributed by atoms with Gasteiger partial charge in [-0.05, 0) is 19.9 Å². The molecule has 2 N–H and O–H groups in total. The van der Waals surface area contributed by atoms with E-state index >= 15 is 0 Å². The van der Waals surface area contributed by atoms with Crippen molar-refractivity contribution in [2.24, 2.45) is 5.16 Å². The number of carbonyl (C=O) groups excluding carboxylic acids is 1. The highest BCUT2D eigenvalue weighted by molar-refractivity contribution is 6.10. The smallest absolute Gasteiger partial charge is 0.322 e. The fourth-order valence-corrected chi connectivity index (χ4v) is 2.07. The molecule has 1 aliphatic heterocycles. The number of benzene rings is 1. The molecule has 0 radical (unpaired) electrons. The van der Waals surface area contributed by atoms with Crippen LogP contribution in [-0.4, -0.2) is 29.5 Å². The van der Waals surface area contributed by atoms with Crippen molar-refractivity contribution >= 4 is 17.4 Å². The van der Waals surface area contributed by atoms with Gasteiger partial charge in [0.15, 0.2) is 0 Å². The normalized spacial score (nSPS) is 16.8. The summed E-state index contributed by atoms with van der Waals surface area (Å²) in [6, 6.07) is 7.44. The number of hydrogen-bond donors (Lipinski definition) is 2. The van der Waals surface area contributed by atoms with E-state index in [9.17, 15) is 4.79 Å². The molecule has 1 heterocycles. The average Bonchev–Trinajstić information content (AvgIpc) is 2.36. The SMILES string of the molecule is CC(C)NC(=O)N1CCC(=NO)c2ccccc21. The summed E-state index contributed by atoms with van der Waals surface area (Å²) in [5.74, 6) is 0. The Hall–Kier alpha value is -2.04. The number of oxime groups is 1. The zero-order chi connectivity index (χ0) is 13.1. The maximum absolute atomic E-state index is 12.1. The first-order valence-corrected chi connectivity index (χ1v) is 6.02. The molecule has 2 amide bonds. The van der Waals surface area contributed by atoms with Crippen molar-refractivity contribution in [1.82, 2.24) is 5.32 Å². The van der Waals surface area contributed by atoms with E-state index in [1.165, 1.54) is 0 Å². The van der Waals surface area contributed by atoms with E-state index in [0.29, 0.717) is 18.7 Å². The van der Waals surface area contributed by atoms with Gasteiger partial charge in [-0.25, -0.2) is 4.79 Å². The second-order valence-electron chi connectivity index (χ2n) is 4.57. The summed E-state index contributed by atoms with van der Waals surface area (Å²) in [5, 5.41) is 15.1. The van der Waals surface area contributed by atoms with Crippen molar-refractivity contribution in [2.45, 2.75) is 26.3 Å². The molecule has 0 aromatic heterocycles. The molecule has 0 spiro atoms. The standard InChI is InChI=1S/C13H17N3O2/c1-9(2)14-13(17)16-8-7-11(15-18)10-5-3-4-6-12(10)16/h3-6,9,18H,7-8H2,1-2H3,(H,14,17). The van der Waals surface area contributed by atoms with Gasteiger partial charge in [-0.15, -0.1) is 0 Å². The predicted molar refractivity (Wildman–Crippen MR) is 70.4 cm³/mol. The van der Waals surface area contributed by atoms with Gasteiger partial charge in [0, 0.05) is 24.6 Å². The second kappa shape index (κ2) is 5.08. The molecular formula is C13H17N3O2. The number of amides is 2. The van der Waals surface area contributed by atoms with Crippen LogP contribution in [0, 0.1) is 0 Å². The van der Waals surface area contributed by atoms with Gasteiger partial charge in [0.1, 0.15) is 0 Å². The number of para-hydroxylation sites is 1. The minimum absolute atomic E-state index is 0.0950. The number of nitrogens with one attached hydrogen (secondary N) is 1. The van der Waals surface area contributed by atoms with E-state index in [1.807, 2.05) is 38.1 Å². The highest BCUT2D eigenvalue weighted by atomic mass is 16.4. The Balaban J connectivity index is 2.33. The van der Waals surface area contributed by atoms with Gasteiger partial charge in [0.05, 0.1) is 11.4 Å². The lowest BCUT2D eigenvalue weighted by molar-refractivity contribution is 0.244. The third kappa shape index (κ3) is 2.30. The minimum atomic E-state index is -0.116. The number of urea groups is 1. The lowest BCUT2D eigenvalue weighted by Gasteiger charge is -2.30. The summed E-state index contributed by atoms with van der Waals surface area (Å²) < 4.78 is 0. The number of fused-ring (bicyclic) bond motifs is 1. The monoisotopic (exact) mass is 247 g/mol. The topological polar surface area (TPSA) is 64.9 Å². The van der Waals surface area contributed by atoms with Gasteiger partial charge in [-0.2, -0.15) is 0 Å². The van der Waals surface area contributed by atoms with Crippen LogP contribution in [0.1, 0.15) is 25.8 Å². The third-order valence-corrected chi connectivity index (χ3v) is 2.86. The first kappa shape index (κ1) is 12.4. The van der Waals surface area contributed by atoms with Gasteiger partial charge >= 0.3 is 6.03 Å². The lowest BCUT2D eigenvalue weighted by atomic mass is 10.00. The molecule has 96 valence electrons. The summed E-state index contributed by atoms with van der Waals surface area (Å²) in [5.41, 5.74) is 2.22. The third-order valence-electron chi connectivity index (χ3n) is 2.86. The molecule has 0 bridgehead atoms. The Labute approximate surface area is 106 Å². The molecular weight excluding hydrogens is 230 g/mol. The summed E-state index contributed by atoms with van der Waals surface area (Å²) in [4.78, 5) is 13.8. The van der Waals surface area contributed by atoms with Crippen molar-refractivity contribution in [3.63, 3.8) is 0 Å².